The molecule has 35 heavy (non-hydrogen) atoms. The zero-order chi connectivity index (χ0) is 25.5. The Balaban J connectivity index is 1.58. The average Bonchev–Trinajstić information content (AvgIpc) is 3.56. The number of benzene rings is 1. The molecule has 1 saturated carbocycles. The number of fused-ring (bicyclic) bond motifs is 1. The molecular weight excluding hydrogens is 446 g/mol. The topological polar surface area (TPSA) is 152 Å². The van der Waals surface area contributed by atoms with E-state index in [0.29, 0.717) is 22.7 Å². The second kappa shape index (κ2) is 9.02. The summed E-state index contributed by atoms with van der Waals surface area (Å²) < 4.78 is 5.31. The lowest BCUT2D eigenvalue weighted by molar-refractivity contribution is -0.155. The predicted octanol–water partition coefficient (Wildman–Crippen LogP) is 3.01. The molecule has 9 heteroatoms. The second-order valence-corrected chi connectivity index (χ2v) is 10.1. The van der Waals surface area contributed by atoms with Gasteiger partial charge in [0.05, 0.1) is 11.3 Å². The van der Waals surface area contributed by atoms with Crippen molar-refractivity contribution in [2.75, 3.05) is 5.73 Å². The van der Waals surface area contributed by atoms with Crippen molar-refractivity contribution in [3.05, 3.63) is 46.5 Å². The Morgan fingerprint density at radius 1 is 1.29 bits per heavy atom. The lowest BCUT2D eigenvalue weighted by Gasteiger charge is -2.25. The van der Waals surface area contributed by atoms with Crippen LogP contribution in [0.25, 0.3) is 11.3 Å². The first-order chi connectivity index (χ1) is 16.5. The lowest BCUT2D eigenvalue weighted by Crippen LogP contribution is -2.45. The smallest absolute Gasteiger partial charge is 0.306 e. The molecule has 2 heterocycles. The summed E-state index contributed by atoms with van der Waals surface area (Å²) in [6.45, 7) is 5.48. The van der Waals surface area contributed by atoms with Crippen LogP contribution in [0.3, 0.4) is 0 Å². The van der Waals surface area contributed by atoms with Crippen molar-refractivity contribution in [2.45, 2.75) is 70.6 Å². The van der Waals surface area contributed by atoms with Gasteiger partial charge in [0.1, 0.15) is 23.5 Å². The Bertz CT molecular complexity index is 1250. The highest BCUT2D eigenvalue weighted by Crippen LogP contribution is 2.45. The van der Waals surface area contributed by atoms with Crippen molar-refractivity contribution in [1.29, 1.82) is 5.26 Å². The van der Waals surface area contributed by atoms with E-state index in [1.165, 1.54) is 4.90 Å². The number of carbonyl (C=O) groups is 3. The molecular formula is C26H29N5O4. The number of aromatic nitrogens is 1. The minimum absolute atomic E-state index is 0.0323. The predicted molar refractivity (Wildman–Crippen MR) is 129 cm³/mol. The number of hydrogen-bond donors (Lipinski definition) is 2. The highest BCUT2D eigenvalue weighted by Gasteiger charge is 2.36. The van der Waals surface area contributed by atoms with Gasteiger partial charge in [-0.1, -0.05) is 6.07 Å². The van der Waals surface area contributed by atoms with Gasteiger partial charge in [0.2, 0.25) is 5.91 Å². The van der Waals surface area contributed by atoms with Crippen LogP contribution in [0.1, 0.15) is 79.4 Å². The van der Waals surface area contributed by atoms with Crippen molar-refractivity contribution in [3.63, 3.8) is 0 Å². The third kappa shape index (κ3) is 5.11. The molecule has 4 N–H and O–H groups in total. The summed E-state index contributed by atoms with van der Waals surface area (Å²) in [6, 6.07) is 8.35. The summed E-state index contributed by atoms with van der Waals surface area (Å²) in [5.41, 5.74) is 15.0. The Kier molecular flexibility index (Phi) is 6.24. The Morgan fingerprint density at radius 3 is 2.60 bits per heavy atom. The van der Waals surface area contributed by atoms with Crippen LogP contribution in [0.5, 0.6) is 0 Å². The largest absolute Gasteiger partial charge is 0.460 e. The molecule has 0 radical (unpaired) electrons. The van der Waals surface area contributed by atoms with Gasteiger partial charge in [0, 0.05) is 24.1 Å². The molecule has 1 aromatic carbocycles. The number of carbonyl (C=O) groups excluding carboxylic acids is 3. The molecule has 1 atom stereocenters. The highest BCUT2D eigenvalue weighted by atomic mass is 16.6. The molecule has 9 nitrogen and oxygen atoms in total. The van der Waals surface area contributed by atoms with Crippen LogP contribution in [0.15, 0.2) is 24.3 Å². The number of primary amides is 1. The summed E-state index contributed by atoms with van der Waals surface area (Å²) in [6.07, 6.45) is 2.10. The molecule has 0 spiro atoms. The Morgan fingerprint density at radius 2 is 2.00 bits per heavy atom. The Hall–Kier alpha value is -3.93. The van der Waals surface area contributed by atoms with Gasteiger partial charge < -0.3 is 21.1 Å². The average molecular weight is 476 g/mol. The van der Waals surface area contributed by atoms with Gasteiger partial charge in [-0.25, -0.2) is 4.98 Å². The van der Waals surface area contributed by atoms with Crippen molar-refractivity contribution < 1.29 is 19.1 Å². The molecule has 2 aliphatic rings. The van der Waals surface area contributed by atoms with Gasteiger partial charge in [-0.2, -0.15) is 5.26 Å². The number of hydrogen-bond acceptors (Lipinski definition) is 7. The number of nitrogens with zero attached hydrogens (tertiary/aromatic N) is 3. The molecule has 0 bridgehead atoms. The third-order valence-corrected chi connectivity index (χ3v) is 6.18. The van der Waals surface area contributed by atoms with E-state index >= 15 is 0 Å². The normalized spacial score (nSPS) is 15.9. The number of nitrogens with two attached hydrogens (primary N) is 2. The molecule has 4 rings (SSSR count). The second-order valence-electron chi connectivity index (χ2n) is 10.1. The fourth-order valence-corrected chi connectivity index (χ4v) is 4.41. The number of nitriles is 1. The van der Waals surface area contributed by atoms with Crippen LogP contribution in [0.2, 0.25) is 0 Å². The zero-order valence-corrected chi connectivity index (χ0v) is 20.1. The van der Waals surface area contributed by atoms with Crippen molar-refractivity contribution in [3.8, 4) is 17.3 Å². The molecule has 1 aliphatic heterocycles. The molecule has 2 amide bonds. The molecule has 1 fully saturated rings. The molecule has 182 valence electrons. The van der Waals surface area contributed by atoms with E-state index < -0.39 is 23.5 Å². The van der Waals surface area contributed by atoms with Crippen LogP contribution < -0.4 is 11.5 Å². The molecule has 0 saturated heterocycles. The van der Waals surface area contributed by atoms with E-state index in [4.69, 9.17) is 16.2 Å². The number of nitrogen functional groups attached to an aromatic ring is 1. The summed E-state index contributed by atoms with van der Waals surface area (Å²) in [4.78, 5) is 43.4. The number of anilines is 1. The maximum atomic E-state index is 13.1. The minimum Gasteiger partial charge on any atom is -0.460 e. The van der Waals surface area contributed by atoms with Crippen LogP contribution >= 0.6 is 0 Å². The van der Waals surface area contributed by atoms with E-state index in [9.17, 15) is 19.6 Å². The van der Waals surface area contributed by atoms with Gasteiger partial charge in [-0.15, -0.1) is 0 Å². The van der Waals surface area contributed by atoms with Crippen molar-refractivity contribution >= 4 is 23.6 Å². The summed E-state index contributed by atoms with van der Waals surface area (Å²) in [7, 11) is 0. The first-order valence-corrected chi connectivity index (χ1v) is 11.6. The van der Waals surface area contributed by atoms with Gasteiger partial charge in [-0.3, -0.25) is 14.4 Å². The van der Waals surface area contributed by atoms with Crippen LogP contribution in [-0.4, -0.2) is 39.3 Å². The quantitative estimate of drug-likeness (QED) is 0.584. The zero-order valence-electron chi connectivity index (χ0n) is 20.1. The molecule has 1 aromatic heterocycles. The first kappa shape index (κ1) is 24.2. The number of rotatable bonds is 7. The maximum absolute atomic E-state index is 13.1. The first-order valence-electron chi connectivity index (χ1n) is 11.6. The third-order valence-electron chi connectivity index (χ3n) is 6.18. The van der Waals surface area contributed by atoms with Gasteiger partial charge in [0.25, 0.3) is 5.91 Å². The van der Waals surface area contributed by atoms with E-state index in [2.05, 4.69) is 11.1 Å². The Labute approximate surface area is 204 Å². The van der Waals surface area contributed by atoms with E-state index in [0.717, 1.165) is 29.5 Å². The molecule has 1 aliphatic carbocycles. The van der Waals surface area contributed by atoms with E-state index in [1.807, 2.05) is 6.07 Å². The highest BCUT2D eigenvalue weighted by molar-refractivity contribution is 6.01. The number of esters is 1. The van der Waals surface area contributed by atoms with Crippen molar-refractivity contribution in [1.82, 2.24) is 9.88 Å². The summed E-state index contributed by atoms with van der Waals surface area (Å²) in [5, 5.41) is 9.34. The maximum Gasteiger partial charge on any atom is 0.306 e. The van der Waals surface area contributed by atoms with Crippen molar-refractivity contribution in [2.24, 2.45) is 5.73 Å². The standard InChI is InChI=1S/C26H29N5O4/c1-26(2,3)35-21(32)9-8-20(24(29)33)31-13-17-10-15(6-7-18(17)25(31)34)22-19(14-4-5-14)11-16(12-27)23(28)30-22/h6-7,10-11,14,20H,4-5,8-9,13H2,1-3H3,(H2,28,30)(H2,29,33)/t20-/m0/s1. The SMILES string of the molecule is CC(C)(C)OC(=O)CC[C@@H](C(N)=O)N1Cc2cc(-c3nc(N)c(C#N)cc3C3CC3)ccc2C1=O. The number of ether oxygens (including phenoxy) is 1. The van der Waals surface area contributed by atoms with Crippen LogP contribution in [-0.2, 0) is 20.9 Å². The fourth-order valence-electron chi connectivity index (χ4n) is 4.41. The minimum atomic E-state index is -0.934. The van der Waals surface area contributed by atoms with Gasteiger partial charge in [-0.05, 0) is 75.3 Å². The van der Waals surface area contributed by atoms with Gasteiger partial charge >= 0.3 is 5.97 Å². The molecule has 2 aromatic rings. The van der Waals surface area contributed by atoms with E-state index in [-0.39, 0.29) is 31.1 Å². The lowest BCUT2D eigenvalue weighted by atomic mass is 9.97. The van der Waals surface area contributed by atoms with Crippen LogP contribution in [0.4, 0.5) is 5.82 Å². The monoisotopic (exact) mass is 475 g/mol. The fraction of sp³-hybridized carbons (Fsp3) is 0.423. The molecule has 0 unspecified atom stereocenters. The van der Waals surface area contributed by atoms with Crippen LogP contribution in [0, 0.1) is 11.3 Å². The van der Waals surface area contributed by atoms with E-state index in [1.54, 1.807) is 39.0 Å². The number of amides is 2. The summed E-state index contributed by atoms with van der Waals surface area (Å²) >= 11 is 0. The number of pyridine rings is 1. The van der Waals surface area contributed by atoms with Gasteiger partial charge in [0.15, 0.2) is 0 Å². The summed E-state index contributed by atoms with van der Waals surface area (Å²) in [5.74, 6) is -0.932.